The first-order chi connectivity index (χ1) is 7.13. The summed E-state index contributed by atoms with van der Waals surface area (Å²) in [6.45, 7) is 1.98. The first kappa shape index (κ1) is 12.4. The number of amides is 1. The Morgan fingerprint density at radius 2 is 2.20 bits per heavy atom. The zero-order valence-corrected chi connectivity index (χ0v) is 10.8. The second-order valence-electron chi connectivity index (χ2n) is 3.40. The van der Waals surface area contributed by atoms with Crippen LogP contribution < -0.4 is 11.1 Å². The molecule has 1 amide bonds. The van der Waals surface area contributed by atoms with Gasteiger partial charge in [0, 0.05) is 16.0 Å². The number of nitrogens with two attached hydrogens (primary N) is 1. The largest absolute Gasteiger partial charge is 0.327 e. The Morgan fingerprint density at radius 3 is 2.80 bits per heavy atom. The zero-order valence-electron chi connectivity index (χ0n) is 8.66. The smallest absolute Gasteiger partial charge is 0.225 e. The second-order valence-corrected chi connectivity index (χ2v) is 4.56. The summed E-state index contributed by atoms with van der Waals surface area (Å²) in [5, 5.41) is 2.85. The molecule has 3 nitrogen and oxygen atoms in total. The molecular formula is C11H15IN2O. The monoisotopic (exact) mass is 318 g/mol. The van der Waals surface area contributed by atoms with Gasteiger partial charge in [-0.05, 0) is 41.1 Å². The highest BCUT2D eigenvalue weighted by atomic mass is 127. The van der Waals surface area contributed by atoms with E-state index < -0.39 is 0 Å². The third-order valence-corrected chi connectivity index (χ3v) is 3.06. The minimum Gasteiger partial charge on any atom is -0.327 e. The van der Waals surface area contributed by atoms with Gasteiger partial charge in [0.05, 0.1) is 5.69 Å². The Labute approximate surface area is 104 Å². The summed E-state index contributed by atoms with van der Waals surface area (Å²) in [5.74, 6) is -0.0199. The minimum atomic E-state index is -0.0497. The van der Waals surface area contributed by atoms with Gasteiger partial charge in [-0.15, -0.1) is 0 Å². The van der Waals surface area contributed by atoms with Gasteiger partial charge in [0.25, 0.3) is 0 Å². The summed E-state index contributed by atoms with van der Waals surface area (Å²) in [6.07, 6.45) is 1.20. The molecule has 1 aromatic carbocycles. The van der Waals surface area contributed by atoms with Crippen LogP contribution in [0.5, 0.6) is 0 Å². The Morgan fingerprint density at radius 1 is 1.53 bits per heavy atom. The van der Waals surface area contributed by atoms with E-state index in [4.69, 9.17) is 5.73 Å². The standard InChI is InChI=1S/C11H15IN2O/c1-2-8(13)7-11(15)14-10-6-4-3-5-9(10)12/h3-6,8H,2,7,13H2,1H3,(H,14,15). The molecule has 1 atom stereocenters. The number of carbonyl (C=O) groups excluding carboxylic acids is 1. The number of halogens is 1. The van der Waals surface area contributed by atoms with Crippen LogP contribution in [0, 0.1) is 3.57 Å². The van der Waals surface area contributed by atoms with Gasteiger partial charge in [0.15, 0.2) is 0 Å². The highest BCUT2D eigenvalue weighted by Gasteiger charge is 2.08. The number of hydrogen-bond acceptors (Lipinski definition) is 2. The number of carbonyl (C=O) groups is 1. The second kappa shape index (κ2) is 6.07. The van der Waals surface area contributed by atoms with Crippen molar-refractivity contribution in [1.29, 1.82) is 0 Å². The summed E-state index contributed by atoms with van der Waals surface area (Å²) in [4.78, 5) is 11.5. The molecule has 0 aromatic heterocycles. The van der Waals surface area contributed by atoms with Crippen LogP contribution in [0.15, 0.2) is 24.3 Å². The quantitative estimate of drug-likeness (QED) is 0.838. The van der Waals surface area contributed by atoms with E-state index in [9.17, 15) is 4.79 Å². The molecule has 0 heterocycles. The van der Waals surface area contributed by atoms with Crippen LogP contribution >= 0.6 is 22.6 Å². The zero-order chi connectivity index (χ0) is 11.3. The van der Waals surface area contributed by atoms with Crippen molar-refractivity contribution in [2.45, 2.75) is 25.8 Å². The maximum Gasteiger partial charge on any atom is 0.225 e. The van der Waals surface area contributed by atoms with Gasteiger partial charge < -0.3 is 11.1 Å². The van der Waals surface area contributed by atoms with Gasteiger partial charge in [-0.3, -0.25) is 4.79 Å². The summed E-state index contributed by atoms with van der Waals surface area (Å²) in [6, 6.07) is 7.63. The molecule has 0 aliphatic carbocycles. The molecule has 0 spiro atoms. The average Bonchev–Trinajstić information content (AvgIpc) is 2.21. The van der Waals surface area contributed by atoms with E-state index in [0.717, 1.165) is 15.7 Å². The number of nitrogens with one attached hydrogen (secondary N) is 1. The summed E-state index contributed by atoms with van der Waals surface area (Å²) < 4.78 is 1.04. The van der Waals surface area contributed by atoms with Crippen LogP contribution in [0.4, 0.5) is 5.69 Å². The average molecular weight is 318 g/mol. The summed E-state index contributed by atoms with van der Waals surface area (Å²) in [5.41, 5.74) is 6.56. The third kappa shape index (κ3) is 4.17. The van der Waals surface area contributed by atoms with Gasteiger partial charge >= 0.3 is 0 Å². The van der Waals surface area contributed by atoms with Crippen molar-refractivity contribution >= 4 is 34.2 Å². The first-order valence-electron chi connectivity index (χ1n) is 4.93. The lowest BCUT2D eigenvalue weighted by Crippen LogP contribution is -2.26. The molecule has 4 heteroatoms. The molecule has 82 valence electrons. The predicted octanol–water partition coefficient (Wildman–Crippen LogP) is 2.36. The van der Waals surface area contributed by atoms with E-state index in [2.05, 4.69) is 27.9 Å². The van der Waals surface area contributed by atoms with Gasteiger partial charge in [-0.2, -0.15) is 0 Å². The van der Waals surface area contributed by atoms with Crippen LogP contribution in [0.2, 0.25) is 0 Å². The van der Waals surface area contributed by atoms with E-state index >= 15 is 0 Å². The highest BCUT2D eigenvalue weighted by Crippen LogP contribution is 2.17. The fourth-order valence-electron chi connectivity index (χ4n) is 1.15. The van der Waals surface area contributed by atoms with Crippen molar-refractivity contribution in [2.75, 3.05) is 5.32 Å². The van der Waals surface area contributed by atoms with Crippen LogP contribution in [-0.4, -0.2) is 11.9 Å². The lowest BCUT2D eigenvalue weighted by Gasteiger charge is -2.10. The van der Waals surface area contributed by atoms with Crippen molar-refractivity contribution in [1.82, 2.24) is 0 Å². The summed E-state index contributed by atoms with van der Waals surface area (Å²) >= 11 is 2.19. The fraction of sp³-hybridized carbons (Fsp3) is 0.364. The number of benzene rings is 1. The molecule has 1 rings (SSSR count). The molecule has 1 aromatic rings. The number of anilines is 1. The number of rotatable bonds is 4. The highest BCUT2D eigenvalue weighted by molar-refractivity contribution is 14.1. The van der Waals surface area contributed by atoms with Gasteiger partial charge in [-0.25, -0.2) is 0 Å². The van der Waals surface area contributed by atoms with E-state index in [1.165, 1.54) is 0 Å². The SMILES string of the molecule is CCC(N)CC(=O)Nc1ccccc1I. The Kier molecular flexibility index (Phi) is 5.04. The maximum absolute atomic E-state index is 11.5. The van der Waals surface area contributed by atoms with Crippen LogP contribution in [-0.2, 0) is 4.79 Å². The van der Waals surface area contributed by atoms with Crippen LogP contribution in [0.25, 0.3) is 0 Å². The molecule has 15 heavy (non-hydrogen) atoms. The van der Waals surface area contributed by atoms with Crippen LogP contribution in [0.3, 0.4) is 0 Å². The topological polar surface area (TPSA) is 55.1 Å². The summed E-state index contributed by atoms with van der Waals surface area (Å²) in [7, 11) is 0. The van der Waals surface area contributed by atoms with Crippen LogP contribution in [0.1, 0.15) is 19.8 Å². The van der Waals surface area contributed by atoms with Gasteiger partial charge in [-0.1, -0.05) is 19.1 Å². The lowest BCUT2D eigenvalue weighted by molar-refractivity contribution is -0.116. The van der Waals surface area contributed by atoms with Crippen molar-refractivity contribution in [2.24, 2.45) is 5.73 Å². The molecule has 3 N–H and O–H groups in total. The van der Waals surface area contributed by atoms with E-state index in [0.29, 0.717) is 6.42 Å². The van der Waals surface area contributed by atoms with Crippen molar-refractivity contribution in [3.63, 3.8) is 0 Å². The van der Waals surface area contributed by atoms with E-state index in [1.807, 2.05) is 31.2 Å². The molecule has 0 saturated heterocycles. The normalized spacial score (nSPS) is 12.2. The molecule has 1 unspecified atom stereocenters. The molecule has 0 bridgehead atoms. The maximum atomic E-state index is 11.5. The predicted molar refractivity (Wildman–Crippen MR) is 70.7 cm³/mol. The third-order valence-electron chi connectivity index (χ3n) is 2.12. The number of hydrogen-bond donors (Lipinski definition) is 2. The van der Waals surface area contributed by atoms with Crippen molar-refractivity contribution < 1.29 is 4.79 Å². The van der Waals surface area contributed by atoms with Gasteiger partial charge in [0.1, 0.15) is 0 Å². The molecule has 0 saturated carbocycles. The van der Waals surface area contributed by atoms with Crippen molar-refractivity contribution in [3.05, 3.63) is 27.8 Å². The van der Waals surface area contributed by atoms with E-state index in [-0.39, 0.29) is 11.9 Å². The molecule has 0 aliphatic rings. The lowest BCUT2D eigenvalue weighted by atomic mass is 10.1. The van der Waals surface area contributed by atoms with E-state index in [1.54, 1.807) is 0 Å². The molecule has 0 fully saturated rings. The molecule has 0 radical (unpaired) electrons. The van der Waals surface area contributed by atoms with Crippen molar-refractivity contribution in [3.8, 4) is 0 Å². The Bertz CT molecular complexity index is 341. The van der Waals surface area contributed by atoms with Gasteiger partial charge in [0.2, 0.25) is 5.91 Å². The fourth-order valence-corrected chi connectivity index (χ4v) is 1.67. The Balaban J connectivity index is 2.55. The molecule has 0 aliphatic heterocycles. The Hall–Kier alpha value is -0.620. The number of para-hydroxylation sites is 1. The minimum absolute atomic E-state index is 0.0199. The first-order valence-corrected chi connectivity index (χ1v) is 6.01. The molecular weight excluding hydrogens is 303 g/mol.